The second kappa shape index (κ2) is 10.2. The molecular weight excluding hydrogens is 384 g/mol. The second-order valence-electron chi connectivity index (χ2n) is 6.36. The number of nitrogens with one attached hydrogen (secondary N) is 2. The van der Waals surface area contributed by atoms with Crippen molar-refractivity contribution in [3.8, 4) is 0 Å². The molecule has 0 spiro atoms. The maximum Gasteiger partial charge on any atom is 0.335 e. The van der Waals surface area contributed by atoms with Crippen molar-refractivity contribution in [2.75, 3.05) is 9.73 Å². The van der Waals surface area contributed by atoms with Crippen molar-refractivity contribution in [2.24, 2.45) is 0 Å². The van der Waals surface area contributed by atoms with Crippen LogP contribution >= 0.6 is 12.8 Å². The van der Waals surface area contributed by atoms with Crippen LogP contribution in [0.4, 0.5) is 16.2 Å². The SMILES string of the molecule is O=CNNc1ccc(N(S)C(=O)N(Cc2ccccc2)Cc2ccccc2)cc1. The van der Waals surface area contributed by atoms with Crippen molar-refractivity contribution in [3.05, 3.63) is 96.1 Å². The third-order valence-electron chi connectivity index (χ3n) is 4.27. The fourth-order valence-electron chi connectivity index (χ4n) is 2.84. The van der Waals surface area contributed by atoms with Crippen molar-refractivity contribution in [1.29, 1.82) is 0 Å². The van der Waals surface area contributed by atoms with Crippen molar-refractivity contribution in [3.63, 3.8) is 0 Å². The number of thiol groups is 1. The summed E-state index contributed by atoms with van der Waals surface area (Å²) in [6.45, 7) is 0.934. The summed E-state index contributed by atoms with van der Waals surface area (Å²) in [7, 11) is 0. The first-order valence-corrected chi connectivity index (χ1v) is 9.48. The summed E-state index contributed by atoms with van der Waals surface area (Å²) in [5, 5.41) is 0. The highest BCUT2D eigenvalue weighted by Gasteiger charge is 2.21. The Hall–Kier alpha value is -3.45. The monoisotopic (exact) mass is 406 g/mol. The molecule has 0 bridgehead atoms. The summed E-state index contributed by atoms with van der Waals surface area (Å²) in [5.41, 5.74) is 8.49. The third-order valence-corrected chi connectivity index (χ3v) is 4.67. The van der Waals surface area contributed by atoms with Crippen LogP contribution in [0.1, 0.15) is 11.1 Å². The molecule has 148 valence electrons. The molecular formula is C22H22N4O2S. The molecule has 3 amide bonds. The zero-order valence-corrected chi connectivity index (χ0v) is 16.6. The minimum absolute atomic E-state index is 0.229. The number of rotatable bonds is 8. The molecule has 3 rings (SSSR count). The minimum atomic E-state index is -0.229. The molecule has 0 aliphatic carbocycles. The molecule has 29 heavy (non-hydrogen) atoms. The number of carbonyl (C=O) groups excluding carboxylic acids is 2. The number of carbonyl (C=O) groups is 2. The number of benzene rings is 3. The van der Waals surface area contributed by atoms with Crippen LogP contribution in [-0.2, 0) is 17.9 Å². The van der Waals surface area contributed by atoms with Crippen molar-refractivity contribution >= 4 is 36.6 Å². The summed E-state index contributed by atoms with van der Waals surface area (Å²) >= 11 is 4.44. The van der Waals surface area contributed by atoms with Crippen LogP contribution < -0.4 is 15.2 Å². The van der Waals surface area contributed by atoms with Gasteiger partial charge in [0.2, 0.25) is 6.41 Å². The van der Waals surface area contributed by atoms with E-state index in [1.807, 2.05) is 60.7 Å². The van der Waals surface area contributed by atoms with Gasteiger partial charge in [0, 0.05) is 13.1 Å². The van der Waals surface area contributed by atoms with Gasteiger partial charge in [0.05, 0.1) is 11.4 Å². The van der Waals surface area contributed by atoms with Crippen molar-refractivity contribution < 1.29 is 9.59 Å². The van der Waals surface area contributed by atoms with E-state index in [9.17, 15) is 9.59 Å². The van der Waals surface area contributed by atoms with Gasteiger partial charge < -0.3 is 4.90 Å². The van der Waals surface area contributed by atoms with Gasteiger partial charge in [-0.25, -0.2) is 9.10 Å². The number of hydrogen-bond acceptors (Lipinski definition) is 4. The van der Waals surface area contributed by atoms with E-state index in [2.05, 4.69) is 23.7 Å². The Morgan fingerprint density at radius 3 is 1.83 bits per heavy atom. The molecule has 0 aliphatic rings. The second-order valence-corrected chi connectivity index (χ2v) is 6.76. The molecule has 0 radical (unpaired) electrons. The molecule has 3 aromatic carbocycles. The van der Waals surface area contributed by atoms with E-state index in [1.165, 1.54) is 4.31 Å². The van der Waals surface area contributed by atoms with Crippen LogP contribution in [-0.4, -0.2) is 17.3 Å². The molecule has 0 fully saturated rings. The Bertz CT molecular complexity index is 879. The lowest BCUT2D eigenvalue weighted by atomic mass is 10.2. The van der Waals surface area contributed by atoms with Crippen LogP contribution in [0.5, 0.6) is 0 Å². The Morgan fingerprint density at radius 2 is 1.34 bits per heavy atom. The highest BCUT2D eigenvalue weighted by molar-refractivity contribution is 7.82. The lowest BCUT2D eigenvalue weighted by Crippen LogP contribution is -2.38. The smallest absolute Gasteiger partial charge is 0.315 e. The first-order valence-electron chi connectivity index (χ1n) is 9.08. The van der Waals surface area contributed by atoms with Gasteiger partial charge in [-0.3, -0.25) is 15.6 Å². The zero-order valence-electron chi connectivity index (χ0n) is 15.7. The standard InChI is InChI=1S/C22H22N4O2S/c27-17-23-24-20-11-13-21(14-12-20)26(29)22(28)25(15-18-7-3-1-4-8-18)16-19-9-5-2-6-10-19/h1-14,17,24,29H,15-16H2,(H,23,27). The third kappa shape index (κ3) is 5.76. The fraction of sp³-hybridized carbons (Fsp3) is 0.0909. The zero-order chi connectivity index (χ0) is 20.5. The number of urea groups is 1. The van der Waals surface area contributed by atoms with E-state index < -0.39 is 0 Å². The first-order chi connectivity index (χ1) is 14.2. The largest absolute Gasteiger partial charge is 0.335 e. The van der Waals surface area contributed by atoms with Gasteiger partial charge in [0.15, 0.2) is 0 Å². The van der Waals surface area contributed by atoms with E-state index in [-0.39, 0.29) is 6.03 Å². The number of amides is 3. The highest BCUT2D eigenvalue weighted by Crippen LogP contribution is 2.22. The van der Waals surface area contributed by atoms with Gasteiger partial charge >= 0.3 is 6.03 Å². The van der Waals surface area contributed by atoms with E-state index in [0.29, 0.717) is 30.9 Å². The number of nitrogens with zero attached hydrogens (tertiary/aromatic N) is 2. The molecule has 0 saturated carbocycles. The Balaban J connectivity index is 1.77. The highest BCUT2D eigenvalue weighted by atomic mass is 32.1. The molecule has 0 aromatic heterocycles. The topological polar surface area (TPSA) is 64.7 Å². The molecule has 7 heteroatoms. The van der Waals surface area contributed by atoms with Gasteiger partial charge in [-0.1, -0.05) is 73.5 Å². The molecule has 0 aliphatic heterocycles. The summed E-state index contributed by atoms with van der Waals surface area (Å²) in [6, 6.07) is 26.5. The van der Waals surface area contributed by atoms with Gasteiger partial charge in [-0.05, 0) is 35.4 Å². The van der Waals surface area contributed by atoms with Gasteiger partial charge in [-0.15, -0.1) is 0 Å². The van der Waals surface area contributed by atoms with E-state index in [4.69, 9.17) is 0 Å². The van der Waals surface area contributed by atoms with E-state index in [0.717, 1.165) is 11.1 Å². The van der Waals surface area contributed by atoms with Crippen molar-refractivity contribution in [1.82, 2.24) is 10.3 Å². The van der Waals surface area contributed by atoms with Crippen molar-refractivity contribution in [2.45, 2.75) is 13.1 Å². The summed E-state index contributed by atoms with van der Waals surface area (Å²) < 4.78 is 1.32. The van der Waals surface area contributed by atoms with Crippen LogP contribution in [0.25, 0.3) is 0 Å². The van der Waals surface area contributed by atoms with Gasteiger partial charge in [0.1, 0.15) is 0 Å². The molecule has 0 atom stereocenters. The number of hydrogen-bond donors (Lipinski definition) is 3. The van der Waals surface area contributed by atoms with Crippen LogP contribution in [0.15, 0.2) is 84.9 Å². The molecule has 0 saturated heterocycles. The average Bonchev–Trinajstić information content (AvgIpc) is 2.78. The fourth-order valence-corrected chi connectivity index (χ4v) is 3.10. The number of hydrazine groups is 1. The predicted octanol–water partition coefficient (Wildman–Crippen LogP) is 4.23. The average molecular weight is 407 g/mol. The summed E-state index contributed by atoms with van der Waals surface area (Å²) in [6.07, 6.45) is 0.549. The van der Waals surface area contributed by atoms with Gasteiger partial charge in [0.25, 0.3) is 0 Å². The Labute approximate surface area is 175 Å². The first kappa shape index (κ1) is 20.3. The molecule has 2 N–H and O–H groups in total. The molecule has 0 unspecified atom stereocenters. The summed E-state index contributed by atoms with van der Waals surface area (Å²) in [4.78, 5) is 25.3. The van der Waals surface area contributed by atoms with E-state index in [1.54, 1.807) is 29.2 Å². The predicted molar refractivity (Wildman–Crippen MR) is 118 cm³/mol. The minimum Gasteiger partial charge on any atom is -0.315 e. The Morgan fingerprint density at radius 1 is 0.828 bits per heavy atom. The molecule has 6 nitrogen and oxygen atoms in total. The lowest BCUT2D eigenvalue weighted by Gasteiger charge is -2.28. The quantitative estimate of drug-likeness (QED) is 0.298. The summed E-state index contributed by atoms with van der Waals surface area (Å²) in [5.74, 6) is 0. The maximum absolute atomic E-state index is 13.2. The normalized spacial score (nSPS) is 10.1. The van der Waals surface area contributed by atoms with Crippen LogP contribution in [0, 0.1) is 0 Å². The number of anilines is 2. The van der Waals surface area contributed by atoms with Crippen LogP contribution in [0.2, 0.25) is 0 Å². The maximum atomic E-state index is 13.2. The molecule has 3 aromatic rings. The molecule has 0 heterocycles. The van der Waals surface area contributed by atoms with Gasteiger partial charge in [-0.2, -0.15) is 0 Å². The lowest BCUT2D eigenvalue weighted by molar-refractivity contribution is -0.109. The Kier molecular flexibility index (Phi) is 7.13. The van der Waals surface area contributed by atoms with Crippen LogP contribution in [0.3, 0.4) is 0 Å². The van der Waals surface area contributed by atoms with E-state index >= 15 is 0 Å².